The summed E-state index contributed by atoms with van der Waals surface area (Å²) in [5.74, 6) is -0.133. The molecule has 0 bridgehead atoms. The molecule has 1 rings (SSSR count). The predicted octanol–water partition coefficient (Wildman–Crippen LogP) is 2.34. The monoisotopic (exact) mass is 285 g/mol. The summed E-state index contributed by atoms with van der Waals surface area (Å²) in [4.78, 5) is 11.5. The number of aryl methyl sites for hydroxylation is 1. The topological polar surface area (TPSA) is 72.5 Å². The zero-order valence-electron chi connectivity index (χ0n) is 11.4. The number of Topliss-reactive ketones (excluding diaryl/α,β-unsaturated/α-hetero) is 1. The van der Waals surface area contributed by atoms with Crippen molar-refractivity contribution in [2.45, 2.75) is 46.0 Å². The van der Waals surface area contributed by atoms with Crippen LogP contribution in [0.1, 0.15) is 31.9 Å². The van der Waals surface area contributed by atoms with Crippen LogP contribution in [0.4, 0.5) is 5.69 Å². The lowest BCUT2D eigenvalue weighted by Gasteiger charge is -2.18. The van der Waals surface area contributed by atoms with Gasteiger partial charge in [-0.3, -0.25) is 4.79 Å². The van der Waals surface area contributed by atoms with Crippen LogP contribution in [-0.2, 0) is 22.4 Å². The highest BCUT2D eigenvalue weighted by Crippen LogP contribution is 2.26. The van der Waals surface area contributed by atoms with Crippen LogP contribution in [0.5, 0.6) is 0 Å². The average molecular weight is 286 g/mol. The molecule has 0 aliphatic rings. The van der Waals surface area contributed by atoms with Gasteiger partial charge in [0, 0.05) is 6.42 Å². The van der Waals surface area contributed by atoms with Gasteiger partial charge in [0.25, 0.3) is 0 Å². The van der Waals surface area contributed by atoms with Crippen molar-refractivity contribution in [1.29, 1.82) is 0 Å². The van der Waals surface area contributed by atoms with Crippen LogP contribution in [0.3, 0.4) is 0 Å². The fourth-order valence-electron chi connectivity index (χ4n) is 1.89. The van der Waals surface area contributed by atoms with Gasteiger partial charge in [-0.2, -0.15) is 0 Å². The number of aliphatic hydroxyl groups is 1. The summed E-state index contributed by atoms with van der Waals surface area (Å²) in [6, 6.07) is 3.65. The number of anilines is 1. The Morgan fingerprint density at radius 2 is 2.16 bits per heavy atom. The lowest BCUT2D eigenvalue weighted by Crippen LogP contribution is -2.28. The van der Waals surface area contributed by atoms with Crippen molar-refractivity contribution >= 4 is 23.1 Å². The molecule has 0 aromatic heterocycles. The average Bonchev–Trinajstić information content (AvgIpc) is 2.31. The third-order valence-electron chi connectivity index (χ3n) is 2.89. The van der Waals surface area contributed by atoms with Gasteiger partial charge in [0.05, 0.1) is 10.7 Å². The Bertz CT molecular complexity index is 460. The second kappa shape index (κ2) is 6.89. The molecule has 4 nitrogen and oxygen atoms in total. The van der Waals surface area contributed by atoms with Gasteiger partial charge in [-0.25, -0.2) is 0 Å². The molecule has 0 aliphatic heterocycles. The standard InChI is InChI=1S/C14H20ClNO3/c1-4-11-5-10(6-12(15)14(11)16)7-13(8(2)17)19-9(3)18/h5-6,9,13,18H,4,7,16H2,1-3H3/t9?,13-/m1/s1. The van der Waals surface area contributed by atoms with Crippen LogP contribution in [0, 0.1) is 0 Å². The first-order chi connectivity index (χ1) is 8.85. The first-order valence-corrected chi connectivity index (χ1v) is 6.63. The van der Waals surface area contributed by atoms with E-state index in [0.29, 0.717) is 17.1 Å². The molecule has 0 spiro atoms. The molecule has 19 heavy (non-hydrogen) atoms. The number of hydrogen-bond acceptors (Lipinski definition) is 4. The van der Waals surface area contributed by atoms with E-state index in [-0.39, 0.29) is 5.78 Å². The zero-order chi connectivity index (χ0) is 14.6. The van der Waals surface area contributed by atoms with Gasteiger partial charge < -0.3 is 15.6 Å². The van der Waals surface area contributed by atoms with E-state index in [1.807, 2.05) is 13.0 Å². The Labute approximate surface area is 118 Å². The number of carbonyl (C=O) groups excluding carboxylic acids is 1. The summed E-state index contributed by atoms with van der Waals surface area (Å²) in [5.41, 5.74) is 8.25. The molecule has 1 aromatic rings. The van der Waals surface area contributed by atoms with Gasteiger partial charge in [-0.15, -0.1) is 0 Å². The molecule has 1 unspecified atom stereocenters. The van der Waals surface area contributed by atoms with E-state index < -0.39 is 12.4 Å². The van der Waals surface area contributed by atoms with Crippen molar-refractivity contribution in [2.24, 2.45) is 0 Å². The highest BCUT2D eigenvalue weighted by molar-refractivity contribution is 6.33. The van der Waals surface area contributed by atoms with Crippen molar-refractivity contribution in [3.8, 4) is 0 Å². The van der Waals surface area contributed by atoms with E-state index in [4.69, 9.17) is 22.1 Å². The molecule has 0 saturated heterocycles. The lowest BCUT2D eigenvalue weighted by molar-refractivity contribution is -0.152. The number of halogens is 1. The van der Waals surface area contributed by atoms with E-state index in [1.165, 1.54) is 13.8 Å². The number of ether oxygens (including phenoxy) is 1. The van der Waals surface area contributed by atoms with E-state index in [1.54, 1.807) is 6.07 Å². The van der Waals surface area contributed by atoms with Gasteiger partial charge >= 0.3 is 0 Å². The van der Waals surface area contributed by atoms with Crippen LogP contribution in [0.15, 0.2) is 12.1 Å². The second-order valence-electron chi connectivity index (χ2n) is 4.54. The summed E-state index contributed by atoms with van der Waals surface area (Å²) >= 11 is 6.07. The van der Waals surface area contributed by atoms with Gasteiger partial charge in [-0.1, -0.05) is 24.6 Å². The number of hydrogen-bond donors (Lipinski definition) is 2. The Balaban J connectivity index is 2.96. The Hall–Kier alpha value is -1.10. The molecule has 5 heteroatoms. The molecule has 0 heterocycles. The molecule has 0 radical (unpaired) electrons. The maximum Gasteiger partial charge on any atom is 0.158 e. The highest BCUT2D eigenvalue weighted by Gasteiger charge is 2.18. The molecular weight excluding hydrogens is 266 g/mol. The first kappa shape index (κ1) is 16.0. The largest absolute Gasteiger partial charge is 0.397 e. The summed E-state index contributed by atoms with van der Waals surface area (Å²) in [6.07, 6.45) is -0.526. The van der Waals surface area contributed by atoms with Crippen molar-refractivity contribution in [3.63, 3.8) is 0 Å². The minimum absolute atomic E-state index is 0.133. The van der Waals surface area contributed by atoms with Gasteiger partial charge in [0.15, 0.2) is 12.1 Å². The van der Waals surface area contributed by atoms with Crippen molar-refractivity contribution in [2.75, 3.05) is 5.73 Å². The third kappa shape index (κ3) is 4.49. The lowest BCUT2D eigenvalue weighted by atomic mass is 10.0. The molecule has 0 amide bonds. The third-order valence-corrected chi connectivity index (χ3v) is 3.20. The van der Waals surface area contributed by atoms with E-state index in [0.717, 1.165) is 17.5 Å². The molecule has 0 aliphatic carbocycles. The number of aliphatic hydroxyl groups excluding tert-OH is 1. The number of nitrogen functional groups attached to an aromatic ring is 1. The first-order valence-electron chi connectivity index (χ1n) is 6.25. The maximum atomic E-state index is 11.5. The molecule has 0 fully saturated rings. The van der Waals surface area contributed by atoms with Gasteiger partial charge in [0.2, 0.25) is 0 Å². The van der Waals surface area contributed by atoms with Crippen LogP contribution in [0.25, 0.3) is 0 Å². The Kier molecular flexibility index (Phi) is 5.79. The van der Waals surface area contributed by atoms with Crippen LogP contribution in [-0.4, -0.2) is 23.3 Å². The Morgan fingerprint density at radius 1 is 1.53 bits per heavy atom. The van der Waals surface area contributed by atoms with Crippen LogP contribution < -0.4 is 5.73 Å². The van der Waals surface area contributed by atoms with Crippen LogP contribution >= 0.6 is 11.6 Å². The second-order valence-corrected chi connectivity index (χ2v) is 4.95. The number of ketones is 1. The molecule has 3 N–H and O–H groups in total. The summed E-state index contributed by atoms with van der Waals surface area (Å²) in [5, 5.41) is 9.71. The number of nitrogens with two attached hydrogens (primary N) is 1. The summed E-state index contributed by atoms with van der Waals surface area (Å²) in [6.45, 7) is 4.90. The smallest absolute Gasteiger partial charge is 0.158 e. The Morgan fingerprint density at radius 3 is 2.63 bits per heavy atom. The van der Waals surface area contributed by atoms with Gasteiger partial charge in [0.1, 0.15) is 6.10 Å². The summed E-state index contributed by atoms with van der Waals surface area (Å²) in [7, 11) is 0. The number of rotatable bonds is 6. The molecule has 106 valence electrons. The zero-order valence-corrected chi connectivity index (χ0v) is 12.2. The summed E-state index contributed by atoms with van der Waals surface area (Å²) < 4.78 is 5.19. The molecule has 2 atom stereocenters. The highest BCUT2D eigenvalue weighted by atomic mass is 35.5. The maximum absolute atomic E-state index is 11.5. The fraction of sp³-hybridized carbons (Fsp3) is 0.500. The quantitative estimate of drug-likeness (QED) is 0.621. The predicted molar refractivity (Wildman–Crippen MR) is 76.2 cm³/mol. The normalized spacial score (nSPS) is 14.2. The van der Waals surface area contributed by atoms with Crippen molar-refractivity contribution in [1.82, 2.24) is 0 Å². The van der Waals surface area contributed by atoms with E-state index in [9.17, 15) is 9.90 Å². The van der Waals surface area contributed by atoms with Crippen molar-refractivity contribution < 1.29 is 14.6 Å². The number of carbonyl (C=O) groups is 1. The molecule has 0 saturated carbocycles. The van der Waals surface area contributed by atoms with Crippen LogP contribution in [0.2, 0.25) is 5.02 Å². The van der Waals surface area contributed by atoms with Crippen molar-refractivity contribution in [3.05, 3.63) is 28.3 Å². The van der Waals surface area contributed by atoms with E-state index >= 15 is 0 Å². The molecule has 1 aromatic carbocycles. The SMILES string of the molecule is CCc1cc(C[C@@H](OC(C)O)C(C)=O)cc(Cl)c1N. The van der Waals surface area contributed by atoms with Gasteiger partial charge in [-0.05, 0) is 37.5 Å². The minimum atomic E-state index is -0.983. The molecular formula is C14H20ClNO3. The number of benzene rings is 1. The van der Waals surface area contributed by atoms with E-state index in [2.05, 4.69) is 0 Å². The fourth-order valence-corrected chi connectivity index (χ4v) is 2.15. The minimum Gasteiger partial charge on any atom is -0.397 e.